The molecule has 0 fully saturated rings. The third-order valence-electron chi connectivity index (χ3n) is 2.67. The van der Waals surface area contributed by atoms with E-state index < -0.39 is 6.23 Å². The second-order valence-electron chi connectivity index (χ2n) is 4.00. The molecule has 96 valence electrons. The van der Waals surface area contributed by atoms with E-state index in [1.807, 2.05) is 6.07 Å². The van der Waals surface area contributed by atoms with Crippen LogP contribution in [0.4, 0.5) is 0 Å². The van der Waals surface area contributed by atoms with Crippen molar-refractivity contribution >= 4 is 11.8 Å². The van der Waals surface area contributed by atoms with Gasteiger partial charge in [0.05, 0.1) is 6.26 Å². The second kappa shape index (κ2) is 4.56. The van der Waals surface area contributed by atoms with Gasteiger partial charge >= 0.3 is 0 Å². The van der Waals surface area contributed by atoms with E-state index >= 15 is 0 Å². The Morgan fingerprint density at radius 2 is 2.26 bits per heavy atom. The van der Waals surface area contributed by atoms with Crippen LogP contribution in [0.3, 0.4) is 0 Å². The van der Waals surface area contributed by atoms with Gasteiger partial charge < -0.3 is 9.15 Å². The highest BCUT2D eigenvalue weighted by molar-refractivity contribution is 5.93. The van der Waals surface area contributed by atoms with Gasteiger partial charge in [0.15, 0.2) is 5.76 Å². The van der Waals surface area contributed by atoms with Gasteiger partial charge in [-0.25, -0.2) is 0 Å². The monoisotopic (exact) mass is 257 g/mol. The van der Waals surface area contributed by atoms with Gasteiger partial charge in [-0.15, -0.1) is 5.10 Å². The summed E-state index contributed by atoms with van der Waals surface area (Å²) in [6.45, 7) is 1.43. The third-order valence-corrected chi connectivity index (χ3v) is 2.67. The zero-order valence-corrected chi connectivity index (χ0v) is 10.2. The van der Waals surface area contributed by atoms with E-state index in [-0.39, 0.29) is 11.8 Å². The van der Waals surface area contributed by atoms with Crippen molar-refractivity contribution < 1.29 is 13.9 Å². The minimum Gasteiger partial charge on any atom is -0.459 e. The van der Waals surface area contributed by atoms with Crippen molar-refractivity contribution in [3.8, 4) is 0 Å². The molecule has 1 atom stereocenters. The maximum absolute atomic E-state index is 11.6. The van der Waals surface area contributed by atoms with Crippen LogP contribution >= 0.6 is 0 Å². The van der Waals surface area contributed by atoms with E-state index in [4.69, 9.17) is 9.15 Å². The Morgan fingerprint density at radius 1 is 1.37 bits per heavy atom. The molecule has 0 saturated carbocycles. The van der Waals surface area contributed by atoms with Crippen LogP contribution in [0.2, 0.25) is 0 Å². The highest BCUT2D eigenvalue weighted by atomic mass is 16.5. The predicted molar refractivity (Wildman–Crippen MR) is 65.8 cm³/mol. The standard InChI is InChI=1S/C13H11N3O3/c1-9(17)16-13(10-4-2-6-14-8-10)19-12(15-16)11-5-3-7-18-11/h2-8,13H,1H3. The zero-order valence-electron chi connectivity index (χ0n) is 10.2. The summed E-state index contributed by atoms with van der Waals surface area (Å²) in [6.07, 6.45) is 4.22. The molecule has 1 amide bonds. The van der Waals surface area contributed by atoms with E-state index in [0.717, 1.165) is 5.56 Å². The third kappa shape index (κ3) is 2.08. The number of carbonyl (C=O) groups is 1. The average Bonchev–Trinajstić information content (AvgIpc) is 3.08. The molecule has 2 aromatic heterocycles. The normalized spacial score (nSPS) is 18.1. The Balaban J connectivity index is 1.94. The predicted octanol–water partition coefficient (Wildman–Crippen LogP) is 1.91. The molecule has 3 rings (SSSR count). The molecule has 2 aromatic rings. The summed E-state index contributed by atoms with van der Waals surface area (Å²) in [5.74, 6) is 0.558. The van der Waals surface area contributed by atoms with E-state index in [1.54, 1.807) is 30.6 Å². The minimum absolute atomic E-state index is 0.213. The summed E-state index contributed by atoms with van der Waals surface area (Å²) < 4.78 is 10.9. The molecule has 0 saturated heterocycles. The average molecular weight is 257 g/mol. The van der Waals surface area contributed by atoms with Crippen molar-refractivity contribution in [2.75, 3.05) is 0 Å². The summed E-state index contributed by atoms with van der Waals surface area (Å²) in [6, 6.07) is 7.07. The molecule has 0 radical (unpaired) electrons. The van der Waals surface area contributed by atoms with Crippen molar-refractivity contribution in [1.29, 1.82) is 0 Å². The lowest BCUT2D eigenvalue weighted by Gasteiger charge is -2.18. The summed E-state index contributed by atoms with van der Waals surface area (Å²) in [4.78, 5) is 15.7. The van der Waals surface area contributed by atoms with Crippen molar-refractivity contribution in [1.82, 2.24) is 9.99 Å². The molecule has 0 spiro atoms. The van der Waals surface area contributed by atoms with Gasteiger partial charge in [0, 0.05) is 24.9 Å². The van der Waals surface area contributed by atoms with Crippen LogP contribution < -0.4 is 0 Å². The maximum atomic E-state index is 11.6. The summed E-state index contributed by atoms with van der Waals surface area (Å²) in [7, 11) is 0. The lowest BCUT2D eigenvalue weighted by atomic mass is 10.2. The number of hydrazone groups is 1. The van der Waals surface area contributed by atoms with E-state index in [2.05, 4.69) is 10.1 Å². The summed E-state index contributed by atoms with van der Waals surface area (Å²) in [5.41, 5.74) is 0.753. The first-order valence-corrected chi connectivity index (χ1v) is 5.74. The van der Waals surface area contributed by atoms with Gasteiger partial charge in [-0.2, -0.15) is 5.01 Å². The quantitative estimate of drug-likeness (QED) is 0.824. The number of hydrogen-bond acceptors (Lipinski definition) is 5. The number of nitrogens with zero attached hydrogens (tertiary/aromatic N) is 3. The number of ether oxygens (including phenoxy) is 1. The fraction of sp³-hybridized carbons (Fsp3) is 0.154. The van der Waals surface area contributed by atoms with Gasteiger partial charge in [-0.05, 0) is 18.2 Å². The number of hydrogen-bond donors (Lipinski definition) is 0. The Morgan fingerprint density at radius 3 is 2.89 bits per heavy atom. The minimum atomic E-state index is -0.605. The summed E-state index contributed by atoms with van der Waals surface area (Å²) in [5, 5.41) is 5.42. The largest absolute Gasteiger partial charge is 0.459 e. The molecule has 19 heavy (non-hydrogen) atoms. The van der Waals surface area contributed by atoms with Crippen LogP contribution in [0.15, 0.2) is 52.4 Å². The van der Waals surface area contributed by atoms with E-state index in [0.29, 0.717) is 5.76 Å². The van der Waals surface area contributed by atoms with Crippen LogP contribution in [-0.2, 0) is 9.53 Å². The molecule has 0 N–H and O–H groups in total. The molecule has 1 aliphatic heterocycles. The first-order valence-electron chi connectivity index (χ1n) is 5.74. The Bertz CT molecular complexity index is 607. The first kappa shape index (κ1) is 11.5. The van der Waals surface area contributed by atoms with Gasteiger partial charge in [0.25, 0.3) is 5.90 Å². The lowest BCUT2D eigenvalue weighted by Crippen LogP contribution is -2.25. The smallest absolute Gasteiger partial charge is 0.277 e. The fourth-order valence-electron chi connectivity index (χ4n) is 1.80. The zero-order chi connectivity index (χ0) is 13.2. The highest BCUT2D eigenvalue weighted by Crippen LogP contribution is 2.29. The highest BCUT2D eigenvalue weighted by Gasteiger charge is 2.34. The summed E-state index contributed by atoms with van der Waals surface area (Å²) >= 11 is 0. The van der Waals surface area contributed by atoms with Crippen LogP contribution in [0.5, 0.6) is 0 Å². The number of furan rings is 1. The van der Waals surface area contributed by atoms with Crippen molar-refractivity contribution in [2.45, 2.75) is 13.2 Å². The van der Waals surface area contributed by atoms with Crippen molar-refractivity contribution in [3.63, 3.8) is 0 Å². The van der Waals surface area contributed by atoms with Gasteiger partial charge in [0.2, 0.25) is 12.1 Å². The number of carbonyl (C=O) groups excluding carboxylic acids is 1. The van der Waals surface area contributed by atoms with Gasteiger partial charge in [-0.3, -0.25) is 9.78 Å². The molecule has 6 heteroatoms. The molecule has 6 nitrogen and oxygen atoms in total. The topological polar surface area (TPSA) is 67.9 Å². The van der Waals surface area contributed by atoms with E-state index in [1.165, 1.54) is 18.2 Å². The lowest BCUT2D eigenvalue weighted by molar-refractivity contribution is -0.135. The maximum Gasteiger partial charge on any atom is 0.277 e. The molecule has 0 aliphatic carbocycles. The number of amides is 1. The molecule has 3 heterocycles. The van der Waals surface area contributed by atoms with Gasteiger partial charge in [0.1, 0.15) is 0 Å². The molecule has 1 unspecified atom stereocenters. The molecule has 0 aromatic carbocycles. The van der Waals surface area contributed by atoms with Crippen molar-refractivity contribution in [3.05, 3.63) is 54.2 Å². The van der Waals surface area contributed by atoms with Gasteiger partial charge in [-0.1, -0.05) is 6.07 Å². The molecule has 1 aliphatic rings. The second-order valence-corrected chi connectivity index (χ2v) is 4.00. The molecular formula is C13H11N3O3. The molecule has 0 bridgehead atoms. The first-order chi connectivity index (χ1) is 9.25. The number of rotatable bonds is 2. The Hall–Kier alpha value is -2.63. The number of pyridine rings is 1. The van der Waals surface area contributed by atoms with Crippen LogP contribution in [0.25, 0.3) is 0 Å². The van der Waals surface area contributed by atoms with Crippen molar-refractivity contribution in [2.24, 2.45) is 5.10 Å². The van der Waals surface area contributed by atoms with Crippen LogP contribution in [0.1, 0.15) is 24.5 Å². The Kier molecular flexibility index (Phi) is 2.75. The Labute approximate surface area is 109 Å². The molecular weight excluding hydrogens is 246 g/mol. The number of aromatic nitrogens is 1. The SMILES string of the molecule is CC(=O)N1N=C(c2ccco2)OC1c1cccnc1. The van der Waals surface area contributed by atoms with E-state index in [9.17, 15) is 4.79 Å². The van der Waals surface area contributed by atoms with Crippen LogP contribution in [0, 0.1) is 0 Å². The van der Waals surface area contributed by atoms with Crippen LogP contribution in [-0.4, -0.2) is 21.8 Å². The fourth-order valence-corrected chi connectivity index (χ4v) is 1.80.